The Kier molecular flexibility index (Phi) is 6.38. The molecule has 4 rings (SSSR count). The number of ketones is 1. The lowest BCUT2D eigenvalue weighted by Crippen LogP contribution is -2.68. The third kappa shape index (κ3) is 4.31. The summed E-state index contributed by atoms with van der Waals surface area (Å²) < 4.78 is 20.3. The quantitative estimate of drug-likeness (QED) is 0.554. The molecule has 3 atom stereocenters. The number of fused-ring (bicyclic) bond motifs is 1. The molecule has 2 aromatic carbocycles. The first-order valence-electron chi connectivity index (χ1n) is 11.1. The molecule has 0 amide bonds. The Balaban J connectivity index is 1.87. The van der Waals surface area contributed by atoms with E-state index in [1.165, 1.54) is 10.4 Å². The number of carbonyl (C=O) groups is 1. The zero-order valence-electron chi connectivity index (χ0n) is 19.3. The van der Waals surface area contributed by atoms with Gasteiger partial charge in [-0.3, -0.25) is 4.79 Å². The predicted octanol–water partition coefficient (Wildman–Crippen LogP) is 4.70. The molecule has 1 aliphatic carbocycles. The number of Topliss-reactive ketones (excluding diaryl/α,β-unsaturated/α-hetero) is 1. The van der Waals surface area contributed by atoms with Crippen LogP contribution in [0.25, 0.3) is 0 Å². The fraction of sp³-hybridized carbons (Fsp3) is 0.423. The van der Waals surface area contributed by atoms with Gasteiger partial charge in [-0.25, -0.2) is 0 Å². The number of hydrogen-bond acceptors (Lipinski definition) is 4. The Morgan fingerprint density at radius 3 is 2.00 bits per heavy atom. The Labute approximate surface area is 200 Å². The minimum absolute atomic E-state index is 0.00680. The van der Waals surface area contributed by atoms with Crippen LogP contribution in [0.2, 0.25) is 5.04 Å². The van der Waals surface area contributed by atoms with Crippen molar-refractivity contribution in [2.45, 2.75) is 70.2 Å². The topological polar surface area (TPSA) is 44.8 Å². The molecule has 1 aliphatic heterocycles. The van der Waals surface area contributed by atoms with Crippen molar-refractivity contribution in [2.24, 2.45) is 0 Å². The van der Waals surface area contributed by atoms with Gasteiger partial charge in [0.25, 0.3) is 8.32 Å². The third-order valence-corrected chi connectivity index (χ3v) is 12.0. The molecule has 2 aliphatic rings. The molecule has 1 saturated heterocycles. The molecule has 0 radical (unpaired) electrons. The number of hydrogen-bond donors (Lipinski definition) is 0. The van der Waals surface area contributed by atoms with E-state index in [1.54, 1.807) is 0 Å². The second-order valence-electron chi connectivity index (χ2n) is 10.0. The first kappa shape index (κ1) is 23.6. The molecule has 0 unspecified atom stereocenters. The lowest BCUT2D eigenvalue weighted by molar-refractivity contribution is -0.154. The number of rotatable bonds is 4. The highest BCUT2D eigenvalue weighted by molar-refractivity contribution is 9.12. The number of benzene rings is 2. The highest BCUT2D eigenvalue weighted by Gasteiger charge is 2.55. The number of ether oxygens (including phenoxy) is 2. The van der Waals surface area contributed by atoms with Crippen molar-refractivity contribution in [1.29, 1.82) is 0 Å². The molecule has 0 aromatic heterocycles. The van der Waals surface area contributed by atoms with Crippen molar-refractivity contribution in [3.05, 3.63) is 71.2 Å². The Hall–Kier alpha value is -1.57. The van der Waals surface area contributed by atoms with Gasteiger partial charge in [-0.15, -0.1) is 0 Å². The van der Waals surface area contributed by atoms with E-state index >= 15 is 0 Å². The average molecular weight is 516 g/mol. The van der Waals surface area contributed by atoms with Crippen LogP contribution < -0.4 is 10.4 Å². The van der Waals surface area contributed by atoms with Gasteiger partial charge < -0.3 is 13.9 Å². The summed E-state index contributed by atoms with van der Waals surface area (Å²) in [6.07, 6.45) is 0.908. The summed E-state index contributed by atoms with van der Waals surface area (Å²) in [5, 5.41) is 2.16. The Bertz CT molecular complexity index is 958. The second-order valence-corrected chi connectivity index (χ2v) is 15.1. The van der Waals surface area contributed by atoms with Crippen molar-refractivity contribution in [3.63, 3.8) is 0 Å². The van der Waals surface area contributed by atoms with Crippen molar-refractivity contribution in [3.8, 4) is 0 Å². The molecule has 0 spiro atoms. The molecule has 0 N–H and O–H groups in total. The normalized spacial score (nSPS) is 25.8. The van der Waals surface area contributed by atoms with Crippen LogP contribution in [0.15, 0.2) is 71.2 Å². The largest absolute Gasteiger partial charge is 0.401 e. The fourth-order valence-corrected chi connectivity index (χ4v) is 10.0. The van der Waals surface area contributed by atoms with Crippen LogP contribution in [0.5, 0.6) is 0 Å². The van der Waals surface area contributed by atoms with Crippen LogP contribution in [-0.2, 0) is 18.7 Å². The zero-order valence-corrected chi connectivity index (χ0v) is 21.9. The molecule has 170 valence electrons. The SMILES string of the molecule is CC1(C)O[C@@H]2[C@@H](C=C(Br)C(=O)C[C@H]2O[Si](c2ccccc2)(c2ccccc2)C(C)(C)C)O1. The molecule has 0 saturated carbocycles. The van der Waals surface area contributed by atoms with Gasteiger partial charge in [-0.1, -0.05) is 81.4 Å². The predicted molar refractivity (Wildman–Crippen MR) is 133 cm³/mol. The summed E-state index contributed by atoms with van der Waals surface area (Å²) in [7, 11) is -2.84. The first-order chi connectivity index (χ1) is 15.0. The van der Waals surface area contributed by atoms with E-state index < -0.39 is 20.2 Å². The maximum Gasteiger partial charge on any atom is 0.261 e. The van der Waals surface area contributed by atoms with Gasteiger partial charge in [0, 0.05) is 6.42 Å². The van der Waals surface area contributed by atoms with Crippen LogP contribution >= 0.6 is 15.9 Å². The van der Waals surface area contributed by atoms with E-state index in [1.807, 2.05) is 32.1 Å². The van der Waals surface area contributed by atoms with Crippen LogP contribution in [0.1, 0.15) is 41.0 Å². The average Bonchev–Trinajstić information content (AvgIpc) is 3.00. The zero-order chi connectivity index (χ0) is 23.1. The van der Waals surface area contributed by atoms with Crippen molar-refractivity contribution >= 4 is 40.4 Å². The van der Waals surface area contributed by atoms with Crippen molar-refractivity contribution in [2.75, 3.05) is 0 Å². The lowest BCUT2D eigenvalue weighted by atomic mass is 10.1. The highest BCUT2D eigenvalue weighted by Crippen LogP contribution is 2.42. The molecule has 1 heterocycles. The molecular weight excluding hydrogens is 484 g/mol. The summed E-state index contributed by atoms with van der Waals surface area (Å²) in [6.45, 7) is 10.5. The molecule has 4 nitrogen and oxygen atoms in total. The smallest absolute Gasteiger partial charge is 0.261 e. The van der Waals surface area contributed by atoms with E-state index in [2.05, 4.69) is 85.2 Å². The van der Waals surface area contributed by atoms with Gasteiger partial charge in [0.2, 0.25) is 0 Å². The van der Waals surface area contributed by atoms with E-state index in [9.17, 15) is 4.79 Å². The van der Waals surface area contributed by atoms with Gasteiger partial charge in [0.05, 0.1) is 10.6 Å². The van der Waals surface area contributed by atoms with E-state index in [0.29, 0.717) is 4.48 Å². The summed E-state index contributed by atoms with van der Waals surface area (Å²) in [5.74, 6) is -0.737. The maximum atomic E-state index is 12.9. The first-order valence-corrected chi connectivity index (χ1v) is 13.8. The van der Waals surface area contributed by atoms with Crippen molar-refractivity contribution < 1.29 is 18.7 Å². The monoisotopic (exact) mass is 514 g/mol. The van der Waals surface area contributed by atoms with Crippen LogP contribution in [0.3, 0.4) is 0 Å². The second kappa shape index (κ2) is 8.65. The molecule has 0 bridgehead atoms. The number of carbonyl (C=O) groups excluding carboxylic acids is 1. The molecular formula is C26H31BrO4Si. The van der Waals surface area contributed by atoms with E-state index in [0.717, 1.165) is 0 Å². The minimum Gasteiger partial charge on any atom is -0.401 e. The molecule has 1 fully saturated rings. The maximum absolute atomic E-state index is 12.9. The summed E-state index contributed by atoms with van der Waals surface area (Å²) in [5.41, 5.74) is 0. The summed E-state index contributed by atoms with van der Waals surface area (Å²) >= 11 is 3.45. The summed E-state index contributed by atoms with van der Waals surface area (Å²) in [6, 6.07) is 20.9. The molecule has 2 aromatic rings. The third-order valence-electron chi connectivity index (χ3n) is 6.24. The highest BCUT2D eigenvalue weighted by atomic mass is 79.9. The molecule has 6 heteroatoms. The Morgan fingerprint density at radius 2 is 1.50 bits per heavy atom. The number of allylic oxidation sites excluding steroid dienone is 1. The van der Waals surface area contributed by atoms with Gasteiger partial charge in [-0.05, 0) is 51.3 Å². The minimum atomic E-state index is -2.84. The van der Waals surface area contributed by atoms with E-state index in [4.69, 9.17) is 13.9 Å². The summed E-state index contributed by atoms with van der Waals surface area (Å²) in [4.78, 5) is 12.9. The van der Waals surface area contributed by atoms with Crippen LogP contribution in [0.4, 0.5) is 0 Å². The van der Waals surface area contributed by atoms with Gasteiger partial charge >= 0.3 is 0 Å². The van der Waals surface area contributed by atoms with Gasteiger partial charge in [-0.2, -0.15) is 0 Å². The van der Waals surface area contributed by atoms with Crippen LogP contribution in [0, 0.1) is 0 Å². The van der Waals surface area contributed by atoms with Gasteiger partial charge in [0.15, 0.2) is 11.6 Å². The number of halogens is 1. The fourth-order valence-electron chi connectivity index (χ4n) is 4.89. The standard InChI is InChI=1S/C26H31BrO4Si/c1-25(2,3)32(18-12-8-6-9-13-18,19-14-10-7-11-15-19)31-23-17-21(28)20(27)16-22-24(23)30-26(4,5)29-22/h6-16,22-24H,17H2,1-5H3/t22-,23-,24-/m1/s1. The molecule has 32 heavy (non-hydrogen) atoms. The van der Waals surface area contributed by atoms with E-state index in [-0.39, 0.29) is 29.5 Å². The Morgan fingerprint density at radius 1 is 0.969 bits per heavy atom. The lowest BCUT2D eigenvalue weighted by Gasteiger charge is -2.46. The van der Waals surface area contributed by atoms with Gasteiger partial charge in [0.1, 0.15) is 12.2 Å². The van der Waals surface area contributed by atoms with Crippen LogP contribution in [-0.4, -0.2) is 38.2 Å². The van der Waals surface area contributed by atoms with Crippen molar-refractivity contribution in [1.82, 2.24) is 0 Å².